The number of aliphatic hydroxyl groups is 1. The lowest BCUT2D eigenvalue weighted by atomic mass is 10.1. The molecule has 5 nitrogen and oxygen atoms in total. The van der Waals surface area contributed by atoms with E-state index in [0.717, 1.165) is 18.4 Å². The van der Waals surface area contributed by atoms with E-state index in [1.54, 1.807) is 35.9 Å². The molecule has 132 valence electrons. The van der Waals surface area contributed by atoms with E-state index < -0.39 is 5.91 Å². The fourth-order valence-electron chi connectivity index (χ4n) is 2.88. The molecule has 0 saturated heterocycles. The first-order chi connectivity index (χ1) is 12.0. The van der Waals surface area contributed by atoms with Gasteiger partial charge in [0.15, 0.2) is 0 Å². The molecule has 0 radical (unpaired) electrons. The smallest absolute Gasteiger partial charge is 0.263 e. The van der Waals surface area contributed by atoms with Crippen molar-refractivity contribution in [2.75, 3.05) is 13.2 Å². The Morgan fingerprint density at radius 2 is 1.96 bits per heavy atom. The summed E-state index contributed by atoms with van der Waals surface area (Å²) < 4.78 is 14.7. The zero-order valence-electron chi connectivity index (χ0n) is 14.1. The van der Waals surface area contributed by atoms with E-state index in [1.807, 2.05) is 0 Å². The normalized spacial score (nSPS) is 13.7. The third kappa shape index (κ3) is 3.79. The number of hydrogen-bond acceptors (Lipinski definition) is 3. The molecule has 2 aromatic rings. The van der Waals surface area contributed by atoms with Crippen LogP contribution in [0.3, 0.4) is 0 Å². The molecule has 3 rings (SSSR count). The number of amides is 1. The highest BCUT2D eigenvalue weighted by atomic mass is 19.1. The molecule has 1 aliphatic carbocycles. The second-order valence-electron chi connectivity index (χ2n) is 6.39. The molecule has 0 bridgehead atoms. The van der Waals surface area contributed by atoms with Crippen LogP contribution in [0, 0.1) is 12.7 Å². The van der Waals surface area contributed by atoms with Gasteiger partial charge in [0.2, 0.25) is 0 Å². The van der Waals surface area contributed by atoms with Crippen molar-refractivity contribution in [1.82, 2.24) is 9.47 Å². The van der Waals surface area contributed by atoms with E-state index in [9.17, 15) is 19.1 Å². The predicted octanol–water partition coefficient (Wildman–Crippen LogP) is 2.27. The van der Waals surface area contributed by atoms with E-state index in [-0.39, 0.29) is 42.7 Å². The Balaban J connectivity index is 1.91. The third-order valence-electron chi connectivity index (χ3n) is 4.43. The van der Waals surface area contributed by atoms with Gasteiger partial charge in [-0.15, -0.1) is 0 Å². The van der Waals surface area contributed by atoms with E-state index in [0.29, 0.717) is 5.56 Å². The summed E-state index contributed by atoms with van der Waals surface area (Å²) in [4.78, 5) is 27.1. The van der Waals surface area contributed by atoms with Crippen molar-refractivity contribution in [2.24, 2.45) is 0 Å². The minimum absolute atomic E-state index is 0.105. The fourth-order valence-corrected chi connectivity index (χ4v) is 2.88. The summed E-state index contributed by atoms with van der Waals surface area (Å²) in [6, 6.07) is 7.79. The highest BCUT2D eigenvalue weighted by molar-refractivity contribution is 5.95. The van der Waals surface area contributed by atoms with E-state index in [1.165, 1.54) is 17.0 Å². The van der Waals surface area contributed by atoms with Crippen molar-refractivity contribution in [3.8, 4) is 0 Å². The van der Waals surface area contributed by atoms with Crippen LogP contribution in [0.5, 0.6) is 0 Å². The van der Waals surface area contributed by atoms with E-state index >= 15 is 0 Å². The lowest BCUT2D eigenvalue weighted by Crippen LogP contribution is -2.38. The zero-order valence-corrected chi connectivity index (χ0v) is 14.1. The maximum Gasteiger partial charge on any atom is 0.263 e. The van der Waals surface area contributed by atoms with Gasteiger partial charge in [0.05, 0.1) is 6.61 Å². The number of hydrogen-bond donors (Lipinski definition) is 1. The van der Waals surface area contributed by atoms with Crippen LogP contribution in [0.2, 0.25) is 0 Å². The van der Waals surface area contributed by atoms with Gasteiger partial charge in [0.25, 0.3) is 11.5 Å². The first-order valence-electron chi connectivity index (χ1n) is 8.37. The predicted molar refractivity (Wildman–Crippen MR) is 91.9 cm³/mol. The molecule has 0 spiro atoms. The summed E-state index contributed by atoms with van der Waals surface area (Å²) in [5.41, 5.74) is 1.22. The maximum atomic E-state index is 13.1. The van der Waals surface area contributed by atoms with Crippen molar-refractivity contribution in [1.29, 1.82) is 0 Å². The van der Waals surface area contributed by atoms with Crippen molar-refractivity contribution in [3.63, 3.8) is 0 Å². The minimum Gasteiger partial charge on any atom is -0.395 e. The Labute approximate surface area is 145 Å². The van der Waals surface area contributed by atoms with Crippen molar-refractivity contribution in [3.05, 3.63) is 69.4 Å². The number of carbonyl (C=O) groups excluding carboxylic acids is 1. The van der Waals surface area contributed by atoms with Crippen LogP contribution < -0.4 is 5.56 Å². The molecule has 1 aliphatic rings. The summed E-state index contributed by atoms with van der Waals surface area (Å²) in [5.74, 6) is -0.758. The lowest BCUT2D eigenvalue weighted by Gasteiger charge is -2.23. The SMILES string of the molecule is Cc1ccn(C2CC2)c(=O)c1C(=O)N(CCO)Cc1ccc(F)cc1. The Hall–Kier alpha value is -2.47. The number of nitrogens with zero attached hydrogens (tertiary/aromatic N) is 2. The van der Waals surface area contributed by atoms with Crippen LogP contribution in [-0.2, 0) is 6.54 Å². The van der Waals surface area contributed by atoms with Crippen LogP contribution >= 0.6 is 0 Å². The largest absolute Gasteiger partial charge is 0.395 e. The molecule has 1 fully saturated rings. The van der Waals surface area contributed by atoms with Gasteiger partial charge in [-0.1, -0.05) is 12.1 Å². The van der Waals surface area contributed by atoms with Crippen molar-refractivity contribution in [2.45, 2.75) is 32.4 Å². The topological polar surface area (TPSA) is 62.5 Å². The molecule has 1 amide bonds. The number of pyridine rings is 1. The molecule has 6 heteroatoms. The van der Waals surface area contributed by atoms with Crippen LogP contribution in [-0.4, -0.2) is 33.6 Å². The van der Waals surface area contributed by atoms with Crippen molar-refractivity contribution >= 4 is 5.91 Å². The summed E-state index contributed by atoms with van der Waals surface area (Å²) in [6.45, 7) is 1.83. The molecule has 0 aliphatic heterocycles. The van der Waals surface area contributed by atoms with E-state index in [2.05, 4.69) is 0 Å². The van der Waals surface area contributed by atoms with Crippen molar-refractivity contribution < 1.29 is 14.3 Å². The monoisotopic (exact) mass is 344 g/mol. The van der Waals surface area contributed by atoms with Crippen LogP contribution in [0.1, 0.15) is 40.4 Å². The Bertz CT molecular complexity index is 826. The Kier molecular flexibility index (Phi) is 4.99. The summed E-state index contributed by atoms with van der Waals surface area (Å²) >= 11 is 0. The summed E-state index contributed by atoms with van der Waals surface area (Å²) in [7, 11) is 0. The Morgan fingerprint density at radius 1 is 1.28 bits per heavy atom. The quantitative estimate of drug-likeness (QED) is 0.874. The number of aliphatic hydroxyl groups excluding tert-OH is 1. The van der Waals surface area contributed by atoms with Crippen LogP contribution in [0.15, 0.2) is 41.3 Å². The average molecular weight is 344 g/mol. The van der Waals surface area contributed by atoms with Gasteiger partial charge in [-0.25, -0.2) is 4.39 Å². The third-order valence-corrected chi connectivity index (χ3v) is 4.43. The van der Waals surface area contributed by atoms with Crippen LogP contribution in [0.4, 0.5) is 4.39 Å². The van der Waals surface area contributed by atoms with Crippen LogP contribution in [0.25, 0.3) is 0 Å². The number of aromatic nitrogens is 1. The summed E-state index contributed by atoms with van der Waals surface area (Å²) in [5, 5.41) is 9.31. The number of halogens is 1. The first-order valence-corrected chi connectivity index (χ1v) is 8.37. The molecular formula is C19H21FN2O3. The number of rotatable bonds is 6. The van der Waals surface area contributed by atoms with Gasteiger partial charge in [0, 0.05) is 25.3 Å². The highest BCUT2D eigenvalue weighted by Crippen LogP contribution is 2.33. The molecule has 1 saturated carbocycles. The maximum absolute atomic E-state index is 13.1. The molecule has 25 heavy (non-hydrogen) atoms. The lowest BCUT2D eigenvalue weighted by molar-refractivity contribution is 0.0704. The van der Waals surface area contributed by atoms with E-state index in [4.69, 9.17) is 0 Å². The standard InChI is InChI=1S/C19H21FN2O3/c1-13-8-9-22(16-6-7-16)19(25)17(13)18(24)21(10-11-23)12-14-2-4-15(20)5-3-14/h2-5,8-9,16,23H,6-7,10-12H2,1H3. The van der Waals surface area contributed by atoms with Gasteiger partial charge in [-0.2, -0.15) is 0 Å². The average Bonchev–Trinajstić information content (AvgIpc) is 3.41. The molecule has 0 atom stereocenters. The number of carbonyl (C=O) groups is 1. The second kappa shape index (κ2) is 7.19. The van der Waals surface area contributed by atoms with Gasteiger partial charge in [0.1, 0.15) is 11.4 Å². The second-order valence-corrected chi connectivity index (χ2v) is 6.39. The van der Waals surface area contributed by atoms with Gasteiger partial charge >= 0.3 is 0 Å². The molecule has 1 heterocycles. The molecule has 1 aromatic heterocycles. The fraction of sp³-hybridized carbons (Fsp3) is 0.368. The summed E-state index contributed by atoms with van der Waals surface area (Å²) in [6.07, 6.45) is 3.64. The van der Waals surface area contributed by atoms with Gasteiger partial charge < -0.3 is 14.6 Å². The van der Waals surface area contributed by atoms with Gasteiger partial charge in [-0.3, -0.25) is 9.59 Å². The number of benzene rings is 1. The molecule has 0 unspecified atom stereocenters. The van der Waals surface area contributed by atoms with Gasteiger partial charge in [-0.05, 0) is 49.1 Å². The minimum atomic E-state index is -0.407. The number of aryl methyl sites for hydroxylation is 1. The Morgan fingerprint density at radius 3 is 2.56 bits per heavy atom. The molecule has 1 aromatic carbocycles. The zero-order chi connectivity index (χ0) is 18.0. The molecular weight excluding hydrogens is 323 g/mol. The first kappa shape index (κ1) is 17.4. The highest BCUT2D eigenvalue weighted by Gasteiger charge is 2.28. The molecule has 1 N–H and O–H groups in total.